The van der Waals surface area contributed by atoms with Gasteiger partial charge in [0, 0.05) is 25.2 Å². The number of ether oxygens (including phenoxy) is 4. The number of hydrogen-bond donors (Lipinski definition) is 4. The molecular weight excluding hydrogens is 516 g/mol. The largest absolute Gasteiger partial charge is 0.462 e. The van der Waals surface area contributed by atoms with Gasteiger partial charge >= 0.3 is 5.97 Å². The zero-order valence-electron chi connectivity index (χ0n) is 24.1. The van der Waals surface area contributed by atoms with Gasteiger partial charge in [0.2, 0.25) is 5.79 Å². The molecule has 5 aliphatic rings. The van der Waals surface area contributed by atoms with Gasteiger partial charge in [0.15, 0.2) is 5.79 Å². The Morgan fingerprint density at radius 3 is 2.52 bits per heavy atom. The number of rotatable bonds is 0. The van der Waals surface area contributed by atoms with Crippen LogP contribution in [0, 0.1) is 17.8 Å². The van der Waals surface area contributed by atoms with Gasteiger partial charge < -0.3 is 39.4 Å². The van der Waals surface area contributed by atoms with Crippen molar-refractivity contribution in [2.75, 3.05) is 6.61 Å². The highest BCUT2D eigenvalue weighted by atomic mass is 16.7. The summed E-state index contributed by atoms with van der Waals surface area (Å²) in [6.45, 7) is 9.29. The van der Waals surface area contributed by atoms with Crippen molar-refractivity contribution in [1.29, 1.82) is 0 Å². The Kier molecular flexibility index (Phi) is 7.98. The fourth-order valence-electron chi connectivity index (χ4n) is 6.81. The zero-order chi connectivity index (χ0) is 29.0. The second-order valence-electron chi connectivity index (χ2n) is 12.6. The number of esters is 1. The Morgan fingerprint density at radius 2 is 1.80 bits per heavy atom. The Labute approximate surface area is 236 Å². The summed E-state index contributed by atoms with van der Waals surface area (Å²) < 4.78 is 24.7. The van der Waals surface area contributed by atoms with Crippen LogP contribution in [0.15, 0.2) is 47.1 Å². The van der Waals surface area contributed by atoms with Crippen molar-refractivity contribution in [2.24, 2.45) is 17.8 Å². The van der Waals surface area contributed by atoms with E-state index in [0.29, 0.717) is 31.6 Å². The first-order chi connectivity index (χ1) is 18.8. The summed E-state index contributed by atoms with van der Waals surface area (Å²) in [4.78, 5) is 13.8. The molecule has 0 aromatic rings. The summed E-state index contributed by atoms with van der Waals surface area (Å²) in [6.07, 6.45) is 7.85. The normalized spacial score (nSPS) is 51.5. The van der Waals surface area contributed by atoms with E-state index in [-0.39, 0.29) is 35.9 Å². The predicted octanol–water partition coefficient (Wildman–Crippen LogP) is 2.83. The number of allylic oxidation sites excluding steroid dienone is 2. The van der Waals surface area contributed by atoms with Crippen LogP contribution < -0.4 is 0 Å². The average molecular weight is 561 g/mol. The molecule has 4 aliphatic heterocycles. The van der Waals surface area contributed by atoms with E-state index in [2.05, 4.69) is 6.92 Å². The van der Waals surface area contributed by atoms with Crippen molar-refractivity contribution in [3.63, 3.8) is 0 Å². The summed E-state index contributed by atoms with van der Waals surface area (Å²) in [6, 6.07) is 0. The molecule has 1 spiro atoms. The van der Waals surface area contributed by atoms with E-state index in [0.717, 1.165) is 12.0 Å². The molecule has 11 atom stereocenters. The molecule has 3 fully saturated rings. The zero-order valence-corrected chi connectivity index (χ0v) is 24.1. The van der Waals surface area contributed by atoms with E-state index >= 15 is 0 Å². The molecule has 0 radical (unpaired) electrons. The van der Waals surface area contributed by atoms with Crippen LogP contribution in [0.3, 0.4) is 0 Å². The number of aliphatic hydroxyl groups is 4. The molecule has 0 aromatic heterocycles. The quantitative estimate of drug-likeness (QED) is 0.261. The van der Waals surface area contributed by atoms with Crippen LogP contribution in [-0.2, 0) is 23.7 Å². The van der Waals surface area contributed by atoms with Crippen molar-refractivity contribution in [3.05, 3.63) is 47.1 Å². The lowest BCUT2D eigenvalue weighted by Gasteiger charge is -2.53. The number of carbonyl (C=O) groups excluding carboxylic acids is 1. The smallest absolute Gasteiger partial charge is 0.316 e. The van der Waals surface area contributed by atoms with Gasteiger partial charge in [-0.3, -0.25) is 4.79 Å². The van der Waals surface area contributed by atoms with Gasteiger partial charge in [-0.2, -0.15) is 0 Å². The van der Waals surface area contributed by atoms with Crippen LogP contribution in [-0.4, -0.2) is 80.7 Å². The van der Waals surface area contributed by atoms with Crippen molar-refractivity contribution in [1.82, 2.24) is 0 Å². The van der Waals surface area contributed by atoms with Crippen molar-refractivity contribution in [3.8, 4) is 0 Å². The standard InChI is InChI=1S/C31H44O9/c1-17-11-12-29(39-21(17)5)15-24-14-23(40-29)10-9-19(3)26(32)18(2)7-6-8-22-16-37-31(36)20(4)13-25(27(33)38-24)30(22,35)28(31)34/h6-9,13,17-18,21,23-26,28,32,34-36H,10-12,14-16H2,1-5H3/b7-6+,19-9+,22-8+/t17-,18-,21+,23+,24-,25-,26-,28-,29-,30+,31?/m0/s1. The van der Waals surface area contributed by atoms with Crippen LogP contribution in [0.2, 0.25) is 0 Å². The van der Waals surface area contributed by atoms with Gasteiger partial charge in [-0.25, -0.2) is 0 Å². The summed E-state index contributed by atoms with van der Waals surface area (Å²) >= 11 is 0. The molecule has 9 heteroatoms. The minimum atomic E-state index is -2.16. The van der Waals surface area contributed by atoms with E-state index < -0.39 is 47.4 Å². The molecule has 1 unspecified atom stereocenters. The Hall–Kier alpha value is -1.85. The third kappa shape index (κ3) is 5.04. The van der Waals surface area contributed by atoms with Gasteiger partial charge in [-0.15, -0.1) is 0 Å². The maximum absolute atomic E-state index is 13.8. The van der Waals surface area contributed by atoms with Crippen LogP contribution in [0.5, 0.6) is 0 Å². The Bertz CT molecular complexity index is 1130. The van der Waals surface area contributed by atoms with Crippen molar-refractivity contribution < 1.29 is 44.2 Å². The molecule has 40 heavy (non-hydrogen) atoms. The number of hydrogen-bond acceptors (Lipinski definition) is 9. The van der Waals surface area contributed by atoms with Crippen LogP contribution in [0.25, 0.3) is 0 Å². The van der Waals surface area contributed by atoms with Gasteiger partial charge in [0.1, 0.15) is 23.7 Å². The van der Waals surface area contributed by atoms with E-state index in [1.165, 1.54) is 6.08 Å². The molecule has 0 saturated carbocycles. The number of carbonyl (C=O) groups is 1. The predicted molar refractivity (Wildman–Crippen MR) is 146 cm³/mol. The molecule has 0 aromatic carbocycles. The molecule has 4 bridgehead atoms. The minimum absolute atomic E-state index is 0.0270. The van der Waals surface area contributed by atoms with Gasteiger partial charge in [0.05, 0.1) is 24.9 Å². The molecule has 3 saturated heterocycles. The Morgan fingerprint density at radius 1 is 1.05 bits per heavy atom. The van der Waals surface area contributed by atoms with E-state index in [1.807, 2.05) is 26.8 Å². The fraction of sp³-hybridized carbons (Fsp3) is 0.710. The molecule has 1 aliphatic carbocycles. The molecule has 0 amide bonds. The third-order valence-corrected chi connectivity index (χ3v) is 9.75. The first-order valence-electron chi connectivity index (χ1n) is 14.5. The van der Waals surface area contributed by atoms with Crippen LogP contribution >= 0.6 is 0 Å². The van der Waals surface area contributed by atoms with Crippen LogP contribution in [0.1, 0.15) is 66.7 Å². The van der Waals surface area contributed by atoms with Crippen molar-refractivity contribution >= 4 is 5.97 Å². The average Bonchev–Trinajstić information content (AvgIpc) is 2.90. The van der Waals surface area contributed by atoms with E-state index in [9.17, 15) is 25.2 Å². The second-order valence-corrected chi connectivity index (χ2v) is 12.6. The van der Waals surface area contributed by atoms with Crippen molar-refractivity contribution in [2.45, 2.75) is 114 Å². The molecule has 5 rings (SSSR count). The highest BCUT2D eigenvalue weighted by molar-refractivity contribution is 5.78. The van der Waals surface area contributed by atoms with E-state index in [1.54, 1.807) is 25.2 Å². The van der Waals surface area contributed by atoms with Gasteiger partial charge in [-0.05, 0) is 56.3 Å². The lowest BCUT2D eigenvalue weighted by molar-refractivity contribution is -0.332. The van der Waals surface area contributed by atoms with E-state index in [4.69, 9.17) is 18.9 Å². The van der Waals surface area contributed by atoms with Gasteiger partial charge in [-0.1, -0.05) is 44.2 Å². The molecular formula is C31H44O9. The summed E-state index contributed by atoms with van der Waals surface area (Å²) in [5.41, 5.74) is -0.899. The first-order valence-corrected chi connectivity index (χ1v) is 14.5. The molecule has 9 nitrogen and oxygen atoms in total. The third-order valence-electron chi connectivity index (χ3n) is 9.75. The number of aliphatic hydroxyl groups excluding tert-OH is 2. The molecule has 4 N–H and O–H groups in total. The topological polar surface area (TPSA) is 135 Å². The SMILES string of the molecule is CC1=C[C@H]2C(=O)O[C@H]3C[C@@H](C/C=C(\C)[C@@H](O)[C@@H](C)/C=C/C=C4\COC1(O)[C@@H](O)[C@@]42O)O[C@@]1(CC[C@H](C)[C@@H](C)O1)C3. The lowest BCUT2D eigenvalue weighted by Crippen LogP contribution is -2.70. The maximum atomic E-state index is 13.8. The maximum Gasteiger partial charge on any atom is 0.316 e. The highest BCUT2D eigenvalue weighted by Gasteiger charge is 2.64. The second kappa shape index (κ2) is 10.8. The molecule has 222 valence electrons. The first kappa shape index (κ1) is 29.6. The van der Waals surface area contributed by atoms with Gasteiger partial charge in [0.25, 0.3) is 0 Å². The summed E-state index contributed by atoms with van der Waals surface area (Å²) in [7, 11) is 0. The summed E-state index contributed by atoms with van der Waals surface area (Å²) in [5, 5.41) is 45.2. The highest BCUT2D eigenvalue weighted by Crippen LogP contribution is 2.49. The molecule has 4 heterocycles. The summed E-state index contributed by atoms with van der Waals surface area (Å²) in [5.74, 6) is -4.88. The lowest BCUT2D eigenvalue weighted by atomic mass is 9.66. The minimum Gasteiger partial charge on any atom is -0.462 e. The number of fused-ring (bicyclic) bond motifs is 3. The fourth-order valence-corrected chi connectivity index (χ4v) is 6.81. The van der Waals surface area contributed by atoms with Crippen LogP contribution in [0.4, 0.5) is 0 Å². The monoisotopic (exact) mass is 560 g/mol. The Balaban J connectivity index is 1.56.